The van der Waals surface area contributed by atoms with E-state index in [1.54, 1.807) is 0 Å². The molecular weight excluding hydrogens is 351 g/mol. The Labute approximate surface area is 125 Å². The number of anilines is 1. The lowest BCUT2D eigenvalue weighted by Gasteiger charge is -2.31. The fourth-order valence-corrected chi connectivity index (χ4v) is 4.47. The summed E-state index contributed by atoms with van der Waals surface area (Å²) in [4.78, 5) is -0.107. The van der Waals surface area contributed by atoms with Gasteiger partial charge in [-0.2, -0.15) is 4.31 Å². The van der Waals surface area contributed by atoms with Crippen LogP contribution in [0.4, 0.5) is 10.1 Å². The average Bonchev–Trinajstić information content (AvgIpc) is 2.42. The molecule has 5 nitrogen and oxygen atoms in total. The highest BCUT2D eigenvalue weighted by atomic mass is 79.9. The summed E-state index contributed by atoms with van der Waals surface area (Å²) < 4.78 is 39.8. The van der Waals surface area contributed by atoms with Crippen molar-refractivity contribution in [3.8, 4) is 0 Å². The first-order chi connectivity index (χ1) is 9.36. The number of aliphatic hydroxyl groups is 1. The van der Waals surface area contributed by atoms with Crippen molar-refractivity contribution in [3.05, 3.63) is 22.4 Å². The topological polar surface area (TPSA) is 83.6 Å². The molecular formula is C12H16BrFN2O3S. The van der Waals surface area contributed by atoms with Crippen molar-refractivity contribution in [1.82, 2.24) is 4.31 Å². The number of nitrogen functional groups attached to an aromatic ring is 1. The summed E-state index contributed by atoms with van der Waals surface area (Å²) >= 11 is 2.97. The van der Waals surface area contributed by atoms with Crippen LogP contribution < -0.4 is 5.73 Å². The number of benzene rings is 1. The lowest BCUT2D eigenvalue weighted by Crippen LogP contribution is -2.41. The van der Waals surface area contributed by atoms with Crippen LogP contribution in [0.2, 0.25) is 0 Å². The van der Waals surface area contributed by atoms with Crippen LogP contribution in [-0.4, -0.2) is 37.5 Å². The highest BCUT2D eigenvalue weighted by Gasteiger charge is 2.31. The van der Waals surface area contributed by atoms with Crippen molar-refractivity contribution >= 4 is 31.6 Å². The summed E-state index contributed by atoms with van der Waals surface area (Å²) in [6.07, 6.45) is 1.48. The second-order valence-corrected chi connectivity index (χ2v) is 7.62. The van der Waals surface area contributed by atoms with Crippen molar-refractivity contribution in [2.45, 2.75) is 17.7 Å². The molecule has 8 heteroatoms. The zero-order valence-electron chi connectivity index (χ0n) is 10.7. The number of rotatable bonds is 3. The maximum atomic E-state index is 13.3. The van der Waals surface area contributed by atoms with Gasteiger partial charge in [0, 0.05) is 19.7 Å². The molecule has 0 radical (unpaired) electrons. The summed E-state index contributed by atoms with van der Waals surface area (Å²) in [6.45, 7) is 0.592. The normalized spacial score (nSPS) is 21.1. The fraction of sp³-hybridized carbons (Fsp3) is 0.500. The third-order valence-electron chi connectivity index (χ3n) is 3.41. The molecule has 1 aliphatic rings. The summed E-state index contributed by atoms with van der Waals surface area (Å²) in [7, 11) is -3.77. The van der Waals surface area contributed by atoms with E-state index in [0.29, 0.717) is 13.0 Å². The molecule has 1 heterocycles. The second kappa shape index (κ2) is 5.97. The minimum atomic E-state index is -3.77. The van der Waals surface area contributed by atoms with Crippen LogP contribution >= 0.6 is 15.9 Å². The Morgan fingerprint density at radius 2 is 2.20 bits per heavy atom. The van der Waals surface area contributed by atoms with Crippen molar-refractivity contribution in [2.24, 2.45) is 5.92 Å². The Morgan fingerprint density at radius 1 is 1.50 bits per heavy atom. The number of aliphatic hydroxyl groups excluding tert-OH is 1. The van der Waals surface area contributed by atoms with Gasteiger partial charge in [0.2, 0.25) is 10.0 Å². The molecule has 0 aromatic heterocycles. The fourth-order valence-electron chi connectivity index (χ4n) is 2.30. The van der Waals surface area contributed by atoms with Crippen molar-refractivity contribution in [3.63, 3.8) is 0 Å². The van der Waals surface area contributed by atoms with Gasteiger partial charge in [0.15, 0.2) is 0 Å². The molecule has 1 fully saturated rings. The predicted octanol–water partition coefficient (Wildman–Crippen LogP) is 1.56. The van der Waals surface area contributed by atoms with E-state index in [4.69, 9.17) is 5.73 Å². The van der Waals surface area contributed by atoms with Gasteiger partial charge in [-0.15, -0.1) is 0 Å². The quantitative estimate of drug-likeness (QED) is 0.795. The van der Waals surface area contributed by atoms with E-state index in [2.05, 4.69) is 15.9 Å². The lowest BCUT2D eigenvalue weighted by atomic mass is 10.0. The monoisotopic (exact) mass is 366 g/mol. The van der Waals surface area contributed by atoms with Gasteiger partial charge in [0.25, 0.3) is 0 Å². The van der Waals surface area contributed by atoms with Crippen LogP contribution in [0.5, 0.6) is 0 Å². The third-order valence-corrected chi connectivity index (χ3v) is 5.94. The first kappa shape index (κ1) is 15.7. The molecule has 3 N–H and O–H groups in total. The average molecular weight is 367 g/mol. The highest BCUT2D eigenvalue weighted by molar-refractivity contribution is 9.10. The van der Waals surface area contributed by atoms with E-state index >= 15 is 0 Å². The largest absolute Gasteiger partial charge is 0.398 e. The minimum Gasteiger partial charge on any atom is -0.398 e. The van der Waals surface area contributed by atoms with E-state index in [9.17, 15) is 17.9 Å². The number of hydrogen-bond donors (Lipinski definition) is 2. The molecule has 1 aliphatic heterocycles. The van der Waals surface area contributed by atoms with E-state index in [0.717, 1.165) is 12.5 Å². The van der Waals surface area contributed by atoms with Crippen molar-refractivity contribution < 1.29 is 17.9 Å². The first-order valence-electron chi connectivity index (χ1n) is 6.21. The van der Waals surface area contributed by atoms with Gasteiger partial charge in [0.1, 0.15) is 10.7 Å². The van der Waals surface area contributed by atoms with Gasteiger partial charge in [-0.3, -0.25) is 0 Å². The van der Waals surface area contributed by atoms with Gasteiger partial charge in [-0.05, 0) is 46.8 Å². The number of piperidine rings is 1. The Hall–Kier alpha value is -0.700. The van der Waals surface area contributed by atoms with Gasteiger partial charge in [-0.25, -0.2) is 12.8 Å². The number of sulfonamides is 1. The zero-order valence-corrected chi connectivity index (χ0v) is 13.1. The molecule has 2 rings (SSSR count). The van der Waals surface area contributed by atoms with Crippen LogP contribution in [0, 0.1) is 11.7 Å². The van der Waals surface area contributed by atoms with E-state index in [1.807, 2.05) is 0 Å². The summed E-state index contributed by atoms with van der Waals surface area (Å²) in [5.41, 5.74) is 5.52. The second-order valence-electron chi connectivity index (χ2n) is 4.86. The molecule has 0 bridgehead atoms. The SMILES string of the molecule is Nc1cc(F)c(Br)cc1S(=O)(=O)N1CCCC(CO)C1. The molecule has 1 aromatic rings. The molecule has 1 saturated heterocycles. The van der Waals surface area contributed by atoms with Gasteiger partial charge >= 0.3 is 0 Å². The number of halogens is 2. The Bertz CT molecular complexity index is 609. The number of nitrogens with two attached hydrogens (primary N) is 1. The lowest BCUT2D eigenvalue weighted by molar-refractivity contribution is 0.165. The molecule has 1 unspecified atom stereocenters. The van der Waals surface area contributed by atoms with Gasteiger partial charge < -0.3 is 10.8 Å². The molecule has 0 saturated carbocycles. The van der Waals surface area contributed by atoms with Crippen LogP contribution in [0.3, 0.4) is 0 Å². The van der Waals surface area contributed by atoms with E-state index < -0.39 is 15.8 Å². The molecule has 1 atom stereocenters. The smallest absolute Gasteiger partial charge is 0.245 e. The minimum absolute atomic E-state index is 0.0470. The molecule has 1 aromatic carbocycles. The van der Waals surface area contributed by atoms with E-state index in [1.165, 1.54) is 10.4 Å². The summed E-state index contributed by atoms with van der Waals surface area (Å²) in [6, 6.07) is 2.17. The molecule has 20 heavy (non-hydrogen) atoms. The standard InChI is InChI=1S/C12H16BrFN2O3S/c13-9-4-12(11(15)5-10(9)14)20(18,19)16-3-1-2-8(6-16)7-17/h4-5,8,17H,1-3,6-7,15H2. The Balaban J connectivity index is 2.37. The maximum Gasteiger partial charge on any atom is 0.245 e. The summed E-state index contributed by atoms with van der Waals surface area (Å²) in [5.74, 6) is -0.669. The first-order valence-corrected chi connectivity index (χ1v) is 8.45. The number of nitrogens with zero attached hydrogens (tertiary/aromatic N) is 1. The molecule has 0 amide bonds. The van der Waals surface area contributed by atoms with E-state index in [-0.39, 0.29) is 34.1 Å². The van der Waals surface area contributed by atoms with Crippen molar-refractivity contribution in [2.75, 3.05) is 25.4 Å². The van der Waals surface area contributed by atoms with Crippen LogP contribution in [0.15, 0.2) is 21.5 Å². The molecule has 0 aliphatic carbocycles. The van der Waals surface area contributed by atoms with Gasteiger partial charge in [0.05, 0.1) is 10.2 Å². The van der Waals surface area contributed by atoms with Crippen molar-refractivity contribution in [1.29, 1.82) is 0 Å². The predicted molar refractivity (Wildman–Crippen MR) is 77.1 cm³/mol. The Morgan fingerprint density at radius 3 is 2.85 bits per heavy atom. The number of hydrogen-bond acceptors (Lipinski definition) is 4. The van der Waals surface area contributed by atoms with Gasteiger partial charge in [-0.1, -0.05) is 0 Å². The maximum absolute atomic E-state index is 13.3. The zero-order chi connectivity index (χ0) is 14.9. The molecule has 112 valence electrons. The summed E-state index contributed by atoms with van der Waals surface area (Å²) in [5, 5.41) is 9.18. The Kier molecular flexibility index (Phi) is 4.68. The van der Waals surface area contributed by atoms with Crippen LogP contribution in [-0.2, 0) is 10.0 Å². The molecule has 0 spiro atoms. The van der Waals surface area contributed by atoms with Crippen LogP contribution in [0.25, 0.3) is 0 Å². The van der Waals surface area contributed by atoms with Crippen LogP contribution in [0.1, 0.15) is 12.8 Å². The highest BCUT2D eigenvalue weighted by Crippen LogP contribution is 2.30. The third kappa shape index (κ3) is 2.98.